The molecule has 0 aliphatic carbocycles. The van der Waals surface area contributed by atoms with E-state index >= 15 is 0 Å². The van der Waals surface area contributed by atoms with Gasteiger partial charge >= 0.3 is 75.3 Å². The quantitative estimate of drug-likeness (QED) is 0.0908. The number of fused-ring (bicyclic) bond motifs is 2. The number of carbonyl (C=O) groups excluding carboxylic acids is 7. The van der Waals surface area contributed by atoms with E-state index in [9.17, 15) is 29.1 Å². The Morgan fingerprint density at radius 3 is 1.07 bits per heavy atom. The van der Waals surface area contributed by atoms with Crippen molar-refractivity contribution in [2.45, 2.75) is 13.8 Å². The summed E-state index contributed by atoms with van der Waals surface area (Å²) < 4.78 is 8.71. The van der Waals surface area contributed by atoms with Gasteiger partial charge < -0.3 is 46.6 Å². The smallest absolute Gasteiger partial charge is 0.550 e. The molecule has 1 radical (unpaired) electrons. The van der Waals surface area contributed by atoms with Crippen molar-refractivity contribution in [1.29, 1.82) is 0 Å². The standard InChI is InChI=1S/C9H8O2.2C8H4O3.2C2H4O2.CH3.K.V/c10-9(11)7-6-8-4-2-1-3-5-8;2*9-7-5-3-1-2-4-6(5)8(10)11-7;2*1-2(3)4;;;/h1-7H,(H,10,11);2*1-4H;2*1H3,(H,3,4);1H3;;/q;;;;;-1;+1;/p-3/b7-6+;;;;;;;. The van der Waals surface area contributed by atoms with Crippen molar-refractivity contribution in [3.63, 3.8) is 0 Å². The predicted molar refractivity (Wildman–Crippen MR) is 141 cm³/mol. The minimum Gasteiger partial charge on any atom is -0.550 e. The molecule has 44 heavy (non-hydrogen) atoms. The number of hydrogen-bond acceptors (Lipinski definition) is 12. The number of esters is 4. The Morgan fingerprint density at radius 1 is 0.568 bits per heavy atom. The molecule has 2 heterocycles. The summed E-state index contributed by atoms with van der Waals surface area (Å²) in [6.45, 7) is 1.94. The summed E-state index contributed by atoms with van der Waals surface area (Å²) in [7, 11) is 0. The van der Waals surface area contributed by atoms with E-state index in [1.807, 2.05) is 30.3 Å². The van der Waals surface area contributed by atoms with Crippen LogP contribution in [0.2, 0.25) is 0 Å². The van der Waals surface area contributed by atoms with Crippen molar-refractivity contribution in [3.8, 4) is 0 Å². The van der Waals surface area contributed by atoms with E-state index in [1.165, 1.54) is 6.08 Å². The minimum atomic E-state index is -1.17. The summed E-state index contributed by atoms with van der Waals surface area (Å²) in [4.78, 5) is 71.1. The predicted octanol–water partition coefficient (Wildman–Crippen LogP) is -2.59. The van der Waals surface area contributed by atoms with Gasteiger partial charge in [-0.1, -0.05) is 60.7 Å². The molecule has 0 atom stereocenters. The van der Waals surface area contributed by atoms with Crippen molar-refractivity contribution < 1.29 is 128 Å². The Hall–Kier alpha value is -3.69. The Labute approximate surface area is 307 Å². The van der Waals surface area contributed by atoms with E-state index in [0.717, 1.165) is 25.5 Å². The van der Waals surface area contributed by atoms with Crippen LogP contribution in [0.15, 0.2) is 84.9 Å². The van der Waals surface area contributed by atoms with Gasteiger partial charge in [-0.15, -0.1) is 0 Å². The van der Waals surface area contributed by atoms with Crippen molar-refractivity contribution >= 4 is 47.9 Å². The maximum atomic E-state index is 10.8. The topological polar surface area (TPSA) is 207 Å². The Kier molecular flexibility index (Phi) is 24.1. The molecule has 3 aromatic rings. The normalized spacial score (nSPS) is 11.0. The Balaban J connectivity index is -0.000000496. The second kappa shape index (κ2) is 23.7. The van der Waals surface area contributed by atoms with Gasteiger partial charge in [0.1, 0.15) is 0 Å². The van der Waals surface area contributed by atoms with Crippen molar-refractivity contribution in [2.24, 2.45) is 0 Å². The van der Waals surface area contributed by atoms with Crippen molar-refractivity contribution in [3.05, 3.63) is 120 Å². The van der Waals surface area contributed by atoms with E-state index in [1.54, 1.807) is 48.5 Å². The number of aliphatic carboxylic acids is 3. The number of ether oxygens (including phenoxy) is 2. The molecule has 0 amide bonds. The number of carbonyl (C=O) groups is 7. The molecule has 0 N–H and O–H groups in total. The summed E-state index contributed by atoms with van der Waals surface area (Å²) in [6.07, 6.45) is 2.50. The molecule has 225 valence electrons. The van der Waals surface area contributed by atoms with E-state index in [4.69, 9.17) is 19.8 Å². The molecule has 3 aromatic carbocycles. The molecule has 0 aromatic heterocycles. The first-order chi connectivity index (χ1) is 19.3. The second-order valence-corrected chi connectivity index (χ2v) is 7.49. The zero-order valence-electron chi connectivity index (χ0n) is 24.0. The zero-order chi connectivity index (χ0) is 30.9. The third-order valence-corrected chi connectivity index (χ3v) is 4.32. The van der Waals surface area contributed by atoms with Gasteiger partial charge in [0.2, 0.25) is 0 Å². The van der Waals surface area contributed by atoms with Gasteiger partial charge in [-0.3, -0.25) is 0 Å². The number of rotatable bonds is 2. The molecule has 0 unspecified atom stereocenters. The molecule has 2 aliphatic heterocycles. The molecule has 5 rings (SSSR count). The van der Waals surface area contributed by atoms with E-state index in [-0.39, 0.29) is 77.4 Å². The van der Waals surface area contributed by atoms with Crippen LogP contribution in [0.25, 0.3) is 6.08 Å². The van der Waals surface area contributed by atoms with Crippen molar-refractivity contribution in [1.82, 2.24) is 0 Å². The third-order valence-electron chi connectivity index (χ3n) is 4.32. The van der Waals surface area contributed by atoms with Crippen LogP contribution in [0.1, 0.15) is 60.8 Å². The van der Waals surface area contributed by atoms with Gasteiger partial charge in [0.05, 0.1) is 28.2 Å². The molecule has 12 nitrogen and oxygen atoms in total. The van der Waals surface area contributed by atoms with E-state index < -0.39 is 41.8 Å². The Morgan fingerprint density at radius 2 is 0.818 bits per heavy atom. The van der Waals surface area contributed by atoms with Gasteiger partial charge in [-0.25, -0.2) is 19.2 Å². The number of carboxylic acids is 3. The first kappa shape index (κ1) is 44.7. The number of hydrogen-bond donors (Lipinski definition) is 0. The molecule has 0 fully saturated rings. The van der Waals surface area contributed by atoms with Crippen LogP contribution in [-0.4, -0.2) is 41.8 Å². The molecule has 0 saturated carbocycles. The van der Waals surface area contributed by atoms with Gasteiger partial charge in [-0.2, -0.15) is 0 Å². The second-order valence-electron chi connectivity index (χ2n) is 7.49. The van der Waals surface area contributed by atoms with Gasteiger partial charge in [0.25, 0.3) is 0 Å². The fraction of sp³-hybridized carbons (Fsp3) is 0.0667. The average molecular weight is 667 g/mol. The van der Waals surface area contributed by atoms with Gasteiger partial charge in [0, 0.05) is 30.5 Å². The van der Waals surface area contributed by atoms with Crippen LogP contribution in [-0.2, 0) is 42.4 Å². The average Bonchev–Trinajstić information content (AvgIpc) is 3.37. The first-order valence-electron chi connectivity index (χ1n) is 11.3. The maximum absolute atomic E-state index is 10.8. The minimum absolute atomic E-state index is 0. The van der Waals surface area contributed by atoms with Crippen molar-refractivity contribution in [2.75, 3.05) is 0 Å². The SMILES string of the molecule is CC(=O)[O-].CC(=O)[O-].O=C([O-])/C=C/c1ccccc1.O=C1OC(=O)c2ccccc21.O=C1OC(=O)c2ccccc21.[CH3-].[K+].[V]. The number of carboxylic acid groups (broad SMARTS) is 3. The largest absolute Gasteiger partial charge is 1.00 e. The maximum Gasteiger partial charge on any atom is 1.00 e. The monoisotopic (exact) mass is 666 g/mol. The van der Waals surface area contributed by atoms with E-state index in [0.29, 0.717) is 22.3 Å². The number of benzene rings is 3. The van der Waals surface area contributed by atoms with Crippen LogP contribution in [0.5, 0.6) is 0 Å². The first-order valence-corrected chi connectivity index (χ1v) is 11.3. The number of cyclic esters (lactones) is 4. The third kappa shape index (κ3) is 17.4. The van der Waals surface area contributed by atoms with Gasteiger partial charge in [0.15, 0.2) is 0 Å². The van der Waals surface area contributed by atoms with Crippen LogP contribution in [0, 0.1) is 7.43 Å². The molecule has 0 spiro atoms. The summed E-state index contributed by atoms with van der Waals surface area (Å²) in [5, 5.41) is 27.8. The summed E-state index contributed by atoms with van der Waals surface area (Å²) >= 11 is 0. The Bertz CT molecular complexity index is 1310. The van der Waals surface area contributed by atoms with Crippen LogP contribution in [0.3, 0.4) is 0 Å². The zero-order valence-corrected chi connectivity index (χ0v) is 28.5. The van der Waals surface area contributed by atoms with Crippen LogP contribution >= 0.6 is 0 Å². The fourth-order valence-corrected chi connectivity index (χ4v) is 2.79. The van der Waals surface area contributed by atoms with Crippen LogP contribution in [0.4, 0.5) is 0 Å². The molecular weight excluding hydrogens is 642 g/mol. The summed E-state index contributed by atoms with van der Waals surface area (Å²) in [5.41, 5.74) is 2.29. The van der Waals surface area contributed by atoms with Gasteiger partial charge in [-0.05, 0) is 49.8 Å². The molecule has 0 saturated heterocycles. The molecule has 14 heteroatoms. The van der Waals surface area contributed by atoms with E-state index in [2.05, 4.69) is 9.47 Å². The molecular formula is C30H24KO12V-3. The van der Waals surface area contributed by atoms with Crippen LogP contribution < -0.4 is 66.7 Å². The summed E-state index contributed by atoms with van der Waals surface area (Å²) in [5.74, 6) is -5.54. The molecule has 0 bridgehead atoms. The fourth-order valence-electron chi connectivity index (χ4n) is 2.79. The summed E-state index contributed by atoms with van der Waals surface area (Å²) in [6, 6.07) is 22.3. The molecule has 2 aliphatic rings.